The molecule has 0 saturated heterocycles. The number of unbranched alkanes of at least 4 members (excludes halogenated alkanes) is 12. The normalized spacial score (nSPS) is 11.3. The van der Waals surface area contributed by atoms with Crippen molar-refractivity contribution >= 4 is 10.1 Å². The van der Waals surface area contributed by atoms with E-state index in [4.69, 9.17) is 4.18 Å². The summed E-state index contributed by atoms with van der Waals surface area (Å²) in [7, 11) is -3.58. The molecule has 0 bridgehead atoms. The van der Waals surface area contributed by atoms with E-state index < -0.39 is 10.1 Å². The fourth-order valence-corrected chi connectivity index (χ4v) is 3.91. The van der Waals surface area contributed by atoms with Crippen LogP contribution in [0.15, 0.2) is 35.2 Å². The van der Waals surface area contributed by atoms with Gasteiger partial charge in [0.25, 0.3) is 10.1 Å². The Morgan fingerprint density at radius 1 is 0.692 bits per heavy atom. The zero-order chi connectivity index (χ0) is 18.2. The first-order chi connectivity index (χ1) is 12.2. The Labute approximate surface area is 161 Å². The van der Waals surface area contributed by atoms with Gasteiger partial charge in [0.2, 0.25) is 0 Å². The number of hydrogen-bond donors (Lipinski definition) is 1. The zero-order valence-corrected chi connectivity index (χ0v) is 17.4. The molecule has 0 aliphatic rings. The molecular weight excluding hydrogens is 346 g/mol. The highest BCUT2D eigenvalue weighted by Gasteiger charge is 2.13. The van der Waals surface area contributed by atoms with Crippen LogP contribution in [0, 0.1) is 0 Å². The Hall–Kier alpha value is -0.910. The van der Waals surface area contributed by atoms with Crippen LogP contribution in [0.1, 0.15) is 90.4 Å². The van der Waals surface area contributed by atoms with Gasteiger partial charge in [0.15, 0.2) is 0 Å². The molecule has 0 radical (unpaired) electrons. The van der Waals surface area contributed by atoms with Gasteiger partial charge in [0, 0.05) is 0 Å². The van der Waals surface area contributed by atoms with Gasteiger partial charge in [-0.25, -0.2) is 0 Å². The molecule has 0 aromatic heterocycles. The average molecular weight is 386 g/mol. The maximum Gasteiger partial charge on any atom is 0.296 e. The molecule has 0 aliphatic heterocycles. The first-order valence-corrected chi connectivity index (χ1v) is 11.5. The van der Waals surface area contributed by atoms with E-state index in [2.05, 4.69) is 6.92 Å². The number of rotatable bonds is 16. The lowest BCUT2D eigenvalue weighted by Crippen LogP contribution is -2.07. The fraction of sp³-hybridized carbons (Fsp3) is 0.714. The van der Waals surface area contributed by atoms with Crippen LogP contribution in [0.4, 0.5) is 0 Å². The van der Waals surface area contributed by atoms with Gasteiger partial charge in [-0.05, 0) is 18.6 Å². The molecule has 0 heterocycles. The van der Waals surface area contributed by atoms with Crippen molar-refractivity contribution in [2.24, 2.45) is 0 Å². The largest absolute Gasteiger partial charge is 0.344 e. The molecule has 0 fully saturated rings. The third-order valence-electron chi connectivity index (χ3n) is 4.52. The van der Waals surface area contributed by atoms with Crippen molar-refractivity contribution in [3.8, 4) is 0 Å². The molecule has 152 valence electrons. The molecule has 0 unspecified atom stereocenters. The highest BCUT2D eigenvalue weighted by Crippen LogP contribution is 2.14. The van der Waals surface area contributed by atoms with Gasteiger partial charge in [-0.15, -0.1) is 0 Å². The van der Waals surface area contributed by atoms with E-state index in [0.29, 0.717) is 0 Å². The van der Waals surface area contributed by atoms with Crippen LogP contribution in [-0.4, -0.2) is 15.0 Å². The standard InChI is InChI=1S/C21H36O3S.H3N/c1-2-3-4-5-6-7-8-9-10-11-12-13-17-20-24-25(22,23)21-18-15-14-16-19-21;/h14-16,18-19H,2-13,17,20H2,1H3;1H3. The second-order valence-electron chi connectivity index (χ2n) is 6.83. The van der Waals surface area contributed by atoms with E-state index in [1.54, 1.807) is 30.3 Å². The second kappa shape index (κ2) is 16.3. The summed E-state index contributed by atoms with van der Waals surface area (Å²) in [5, 5.41) is 0. The first kappa shape index (κ1) is 25.1. The van der Waals surface area contributed by atoms with Crippen molar-refractivity contribution in [2.75, 3.05) is 6.61 Å². The second-order valence-corrected chi connectivity index (χ2v) is 8.45. The number of benzene rings is 1. The van der Waals surface area contributed by atoms with Crippen LogP contribution < -0.4 is 6.15 Å². The molecule has 0 aliphatic carbocycles. The van der Waals surface area contributed by atoms with E-state index in [0.717, 1.165) is 12.8 Å². The third-order valence-corrected chi connectivity index (χ3v) is 5.84. The molecule has 26 heavy (non-hydrogen) atoms. The van der Waals surface area contributed by atoms with Crippen molar-refractivity contribution < 1.29 is 12.6 Å². The van der Waals surface area contributed by atoms with Crippen LogP contribution in [-0.2, 0) is 14.3 Å². The summed E-state index contributed by atoms with van der Waals surface area (Å²) in [6.45, 7) is 2.54. The van der Waals surface area contributed by atoms with Crippen LogP contribution in [0.25, 0.3) is 0 Å². The van der Waals surface area contributed by atoms with Gasteiger partial charge >= 0.3 is 0 Å². The minimum Gasteiger partial charge on any atom is -0.344 e. The first-order valence-electron chi connectivity index (χ1n) is 10.1. The average Bonchev–Trinajstić information content (AvgIpc) is 2.63. The highest BCUT2D eigenvalue weighted by atomic mass is 32.2. The van der Waals surface area contributed by atoms with Gasteiger partial charge in [-0.3, -0.25) is 4.18 Å². The summed E-state index contributed by atoms with van der Waals surface area (Å²) in [4.78, 5) is 0.240. The van der Waals surface area contributed by atoms with E-state index >= 15 is 0 Å². The molecule has 1 aromatic rings. The topological polar surface area (TPSA) is 78.4 Å². The minimum atomic E-state index is -3.58. The zero-order valence-electron chi connectivity index (χ0n) is 16.6. The summed E-state index contributed by atoms with van der Waals surface area (Å²) in [6, 6.07) is 8.35. The SMILES string of the molecule is CCCCCCCCCCCCCCCOS(=O)(=O)c1ccccc1.N. The maximum atomic E-state index is 11.9. The molecular formula is C21H39NO3S. The van der Waals surface area contributed by atoms with Gasteiger partial charge in [0.1, 0.15) is 0 Å². The molecule has 1 rings (SSSR count). The molecule has 4 nitrogen and oxygen atoms in total. The summed E-state index contributed by atoms with van der Waals surface area (Å²) in [5.41, 5.74) is 0. The molecule has 3 N–H and O–H groups in total. The molecule has 0 spiro atoms. The maximum absolute atomic E-state index is 11.9. The highest BCUT2D eigenvalue weighted by molar-refractivity contribution is 7.86. The van der Waals surface area contributed by atoms with E-state index in [-0.39, 0.29) is 17.7 Å². The smallest absolute Gasteiger partial charge is 0.296 e. The van der Waals surface area contributed by atoms with Crippen LogP contribution >= 0.6 is 0 Å². The van der Waals surface area contributed by atoms with Crippen LogP contribution in [0.2, 0.25) is 0 Å². The summed E-state index contributed by atoms with van der Waals surface area (Å²) < 4.78 is 28.9. The van der Waals surface area contributed by atoms with E-state index in [9.17, 15) is 8.42 Å². The van der Waals surface area contributed by atoms with Gasteiger partial charge < -0.3 is 6.15 Å². The Morgan fingerprint density at radius 2 is 1.12 bits per heavy atom. The lowest BCUT2D eigenvalue weighted by molar-refractivity contribution is 0.306. The van der Waals surface area contributed by atoms with Crippen molar-refractivity contribution in [1.29, 1.82) is 0 Å². The Balaban J connectivity index is 0.00000625. The van der Waals surface area contributed by atoms with Crippen molar-refractivity contribution in [3.05, 3.63) is 30.3 Å². The van der Waals surface area contributed by atoms with Crippen LogP contribution in [0.3, 0.4) is 0 Å². The Morgan fingerprint density at radius 3 is 1.58 bits per heavy atom. The quantitative estimate of drug-likeness (QED) is 0.255. The van der Waals surface area contributed by atoms with Crippen LogP contribution in [0.5, 0.6) is 0 Å². The van der Waals surface area contributed by atoms with Gasteiger partial charge in [-0.1, -0.05) is 102 Å². The summed E-state index contributed by atoms with van der Waals surface area (Å²) >= 11 is 0. The minimum absolute atomic E-state index is 0. The molecule has 0 amide bonds. The fourth-order valence-electron chi connectivity index (χ4n) is 2.94. The Kier molecular flexibility index (Phi) is 15.7. The molecule has 0 saturated carbocycles. The third kappa shape index (κ3) is 12.4. The molecule has 1 aromatic carbocycles. The van der Waals surface area contributed by atoms with Gasteiger partial charge in [0.05, 0.1) is 11.5 Å². The van der Waals surface area contributed by atoms with E-state index in [1.165, 1.54) is 70.6 Å². The predicted octanol–water partition coefficient (Wildman–Crippen LogP) is 6.65. The monoisotopic (exact) mass is 385 g/mol. The Bertz CT molecular complexity index is 517. The lowest BCUT2D eigenvalue weighted by atomic mass is 10.0. The molecule has 5 heteroatoms. The van der Waals surface area contributed by atoms with Crippen molar-refractivity contribution in [2.45, 2.75) is 95.3 Å². The number of hydrogen-bond acceptors (Lipinski definition) is 4. The molecule has 0 atom stereocenters. The summed E-state index contributed by atoms with van der Waals surface area (Å²) in [5.74, 6) is 0. The van der Waals surface area contributed by atoms with Crippen molar-refractivity contribution in [3.63, 3.8) is 0 Å². The van der Waals surface area contributed by atoms with Crippen molar-refractivity contribution in [1.82, 2.24) is 6.15 Å². The summed E-state index contributed by atoms with van der Waals surface area (Å²) in [6.07, 6.45) is 16.6. The van der Waals surface area contributed by atoms with Gasteiger partial charge in [-0.2, -0.15) is 8.42 Å². The lowest BCUT2D eigenvalue weighted by Gasteiger charge is -2.06. The van der Waals surface area contributed by atoms with E-state index in [1.807, 2.05) is 0 Å². The predicted molar refractivity (Wildman–Crippen MR) is 110 cm³/mol.